The summed E-state index contributed by atoms with van der Waals surface area (Å²) in [6.07, 6.45) is 1.69. The number of carboxylic acid groups (broad SMARTS) is 1. The molecule has 0 radical (unpaired) electrons. The molecular formula is C7H11NO4. The van der Waals surface area contributed by atoms with E-state index in [1.54, 1.807) is 13.0 Å². The van der Waals surface area contributed by atoms with Gasteiger partial charge >= 0.3 is 12.1 Å². The van der Waals surface area contributed by atoms with Gasteiger partial charge in [0, 0.05) is 6.08 Å². The number of esters is 1. The third-order valence-electron chi connectivity index (χ3n) is 0.925. The van der Waals surface area contributed by atoms with E-state index in [1.807, 2.05) is 0 Å². The quantitative estimate of drug-likeness (QED) is 0.366. The summed E-state index contributed by atoms with van der Waals surface area (Å²) in [7, 11) is 0. The van der Waals surface area contributed by atoms with Crippen LogP contribution in [0, 0.1) is 0 Å². The summed E-state index contributed by atoms with van der Waals surface area (Å²) < 4.78 is 4.58. The monoisotopic (exact) mass is 173 g/mol. The van der Waals surface area contributed by atoms with Crippen LogP contribution in [0.3, 0.4) is 0 Å². The molecule has 0 heterocycles. The van der Waals surface area contributed by atoms with Gasteiger partial charge in [-0.1, -0.05) is 6.08 Å². The first kappa shape index (κ1) is 10.5. The molecule has 0 aliphatic rings. The van der Waals surface area contributed by atoms with Crippen LogP contribution in [-0.4, -0.2) is 30.3 Å². The molecule has 0 saturated heterocycles. The first-order valence-electron chi connectivity index (χ1n) is 3.43. The highest BCUT2D eigenvalue weighted by Crippen LogP contribution is 1.79. The van der Waals surface area contributed by atoms with Crippen molar-refractivity contribution in [3.8, 4) is 0 Å². The minimum absolute atomic E-state index is 0.0511. The van der Waals surface area contributed by atoms with Crippen molar-refractivity contribution in [2.75, 3.05) is 13.2 Å². The molecule has 0 aliphatic heterocycles. The predicted molar refractivity (Wildman–Crippen MR) is 41.8 cm³/mol. The van der Waals surface area contributed by atoms with Gasteiger partial charge in [0.15, 0.2) is 0 Å². The lowest BCUT2D eigenvalue weighted by molar-refractivity contribution is -0.137. The van der Waals surface area contributed by atoms with Crippen LogP contribution in [0.5, 0.6) is 0 Å². The SMILES string of the molecule is CC=CC(=O)OCCNC(=O)O. The third-order valence-corrected chi connectivity index (χ3v) is 0.925. The summed E-state index contributed by atoms with van der Waals surface area (Å²) in [5.74, 6) is -0.468. The standard InChI is InChI=1S/C7H11NO4/c1-2-3-6(9)12-5-4-8-7(10)11/h2-3,8H,4-5H2,1H3,(H,10,11). The van der Waals surface area contributed by atoms with E-state index in [0.29, 0.717) is 0 Å². The summed E-state index contributed by atoms with van der Waals surface area (Å²) in [5.41, 5.74) is 0. The van der Waals surface area contributed by atoms with Crippen LogP contribution in [0.2, 0.25) is 0 Å². The number of hydrogen-bond acceptors (Lipinski definition) is 3. The van der Waals surface area contributed by atoms with Crippen molar-refractivity contribution >= 4 is 12.1 Å². The lowest BCUT2D eigenvalue weighted by atomic mass is 10.5. The Balaban J connectivity index is 3.31. The molecule has 5 nitrogen and oxygen atoms in total. The number of ether oxygens (including phenoxy) is 1. The van der Waals surface area contributed by atoms with Crippen molar-refractivity contribution in [1.82, 2.24) is 5.32 Å². The normalized spacial score (nSPS) is 9.75. The van der Waals surface area contributed by atoms with Crippen molar-refractivity contribution in [3.63, 3.8) is 0 Å². The minimum atomic E-state index is -1.13. The summed E-state index contributed by atoms with van der Waals surface area (Å²) in [4.78, 5) is 20.5. The van der Waals surface area contributed by atoms with Crippen molar-refractivity contribution in [2.24, 2.45) is 0 Å². The first-order chi connectivity index (χ1) is 5.66. The Morgan fingerprint density at radius 3 is 2.75 bits per heavy atom. The molecular weight excluding hydrogens is 162 g/mol. The maximum Gasteiger partial charge on any atom is 0.404 e. The van der Waals surface area contributed by atoms with Crippen LogP contribution in [-0.2, 0) is 9.53 Å². The maximum absolute atomic E-state index is 10.6. The van der Waals surface area contributed by atoms with Crippen LogP contribution >= 0.6 is 0 Å². The van der Waals surface area contributed by atoms with Crippen LogP contribution in [0.4, 0.5) is 4.79 Å². The first-order valence-corrected chi connectivity index (χ1v) is 3.43. The molecule has 2 N–H and O–H groups in total. The fourth-order valence-electron chi connectivity index (χ4n) is 0.494. The van der Waals surface area contributed by atoms with Gasteiger partial charge in [-0.25, -0.2) is 9.59 Å². The molecule has 12 heavy (non-hydrogen) atoms. The predicted octanol–water partition coefficient (Wildman–Crippen LogP) is 0.373. The zero-order valence-electron chi connectivity index (χ0n) is 6.74. The zero-order valence-corrected chi connectivity index (χ0v) is 6.74. The molecule has 0 unspecified atom stereocenters. The maximum atomic E-state index is 10.6. The molecule has 0 aromatic rings. The number of carbonyl (C=O) groups is 2. The Hall–Kier alpha value is -1.52. The molecule has 0 bridgehead atoms. The van der Waals surface area contributed by atoms with Crippen molar-refractivity contribution in [2.45, 2.75) is 6.92 Å². The van der Waals surface area contributed by atoms with Gasteiger partial charge in [-0.2, -0.15) is 0 Å². The van der Waals surface area contributed by atoms with Crippen LogP contribution in [0.1, 0.15) is 6.92 Å². The number of nitrogens with one attached hydrogen (secondary N) is 1. The van der Waals surface area contributed by atoms with Gasteiger partial charge < -0.3 is 15.2 Å². The number of amides is 1. The molecule has 1 amide bonds. The highest BCUT2D eigenvalue weighted by Gasteiger charge is 1.96. The van der Waals surface area contributed by atoms with E-state index < -0.39 is 12.1 Å². The Morgan fingerprint density at radius 1 is 1.58 bits per heavy atom. The summed E-state index contributed by atoms with van der Waals surface area (Å²) in [5, 5.41) is 10.2. The number of hydrogen-bond donors (Lipinski definition) is 2. The zero-order chi connectivity index (χ0) is 9.40. The van der Waals surface area contributed by atoms with Crippen molar-refractivity contribution < 1.29 is 19.4 Å². The van der Waals surface area contributed by atoms with Gasteiger partial charge in [0.25, 0.3) is 0 Å². The van der Waals surface area contributed by atoms with Gasteiger partial charge in [0.2, 0.25) is 0 Å². The van der Waals surface area contributed by atoms with E-state index in [0.717, 1.165) is 0 Å². The molecule has 0 aliphatic carbocycles. The molecule has 0 aromatic carbocycles. The Morgan fingerprint density at radius 2 is 2.25 bits per heavy atom. The Bertz CT molecular complexity index is 188. The lowest BCUT2D eigenvalue weighted by Crippen LogP contribution is -2.25. The Labute approximate surface area is 70.0 Å². The fourth-order valence-corrected chi connectivity index (χ4v) is 0.494. The molecule has 68 valence electrons. The minimum Gasteiger partial charge on any atom is -0.465 e. The largest absolute Gasteiger partial charge is 0.465 e. The molecule has 0 atom stereocenters. The fraction of sp³-hybridized carbons (Fsp3) is 0.429. The Kier molecular flexibility index (Phi) is 5.42. The van der Waals surface area contributed by atoms with Gasteiger partial charge in [0.1, 0.15) is 6.61 Å². The second kappa shape index (κ2) is 6.21. The van der Waals surface area contributed by atoms with Gasteiger partial charge in [-0.3, -0.25) is 0 Å². The highest BCUT2D eigenvalue weighted by molar-refractivity contribution is 5.81. The molecule has 0 rings (SSSR count). The number of allylic oxidation sites excluding steroid dienone is 1. The van der Waals surface area contributed by atoms with E-state index in [1.165, 1.54) is 6.08 Å². The van der Waals surface area contributed by atoms with E-state index in [9.17, 15) is 9.59 Å². The molecule has 5 heteroatoms. The van der Waals surface area contributed by atoms with Crippen LogP contribution < -0.4 is 5.32 Å². The molecule has 0 aromatic heterocycles. The third kappa shape index (κ3) is 6.60. The summed E-state index contributed by atoms with van der Waals surface area (Å²) in [6, 6.07) is 0. The van der Waals surface area contributed by atoms with E-state index in [2.05, 4.69) is 10.1 Å². The second-order valence-electron chi connectivity index (χ2n) is 1.90. The highest BCUT2D eigenvalue weighted by atomic mass is 16.5. The lowest BCUT2D eigenvalue weighted by Gasteiger charge is -2.00. The number of rotatable bonds is 4. The summed E-state index contributed by atoms with van der Waals surface area (Å²) in [6.45, 7) is 1.85. The van der Waals surface area contributed by atoms with Gasteiger partial charge in [0.05, 0.1) is 6.54 Å². The van der Waals surface area contributed by atoms with E-state index in [4.69, 9.17) is 5.11 Å². The second-order valence-corrected chi connectivity index (χ2v) is 1.90. The average molecular weight is 173 g/mol. The topological polar surface area (TPSA) is 75.6 Å². The van der Waals surface area contributed by atoms with E-state index in [-0.39, 0.29) is 13.2 Å². The van der Waals surface area contributed by atoms with Crippen molar-refractivity contribution in [1.29, 1.82) is 0 Å². The van der Waals surface area contributed by atoms with E-state index >= 15 is 0 Å². The molecule has 0 fully saturated rings. The number of carbonyl (C=O) groups excluding carboxylic acids is 1. The molecule has 0 spiro atoms. The average Bonchev–Trinajstić information content (AvgIpc) is 1.98. The van der Waals surface area contributed by atoms with Gasteiger partial charge in [-0.15, -0.1) is 0 Å². The summed E-state index contributed by atoms with van der Waals surface area (Å²) >= 11 is 0. The smallest absolute Gasteiger partial charge is 0.404 e. The van der Waals surface area contributed by atoms with Crippen molar-refractivity contribution in [3.05, 3.63) is 12.2 Å². The van der Waals surface area contributed by atoms with Crippen LogP contribution in [0.25, 0.3) is 0 Å². The molecule has 0 saturated carbocycles. The van der Waals surface area contributed by atoms with Crippen LogP contribution in [0.15, 0.2) is 12.2 Å². The van der Waals surface area contributed by atoms with Gasteiger partial charge in [-0.05, 0) is 6.92 Å².